The smallest absolute Gasteiger partial charge is 0.170 e. The van der Waals surface area contributed by atoms with Crippen molar-refractivity contribution in [1.82, 2.24) is 19.8 Å². The van der Waals surface area contributed by atoms with Crippen LogP contribution < -0.4 is 5.32 Å². The molecule has 2 atom stereocenters. The van der Waals surface area contributed by atoms with Crippen LogP contribution in [0.2, 0.25) is 5.02 Å². The molecule has 29 heavy (non-hydrogen) atoms. The van der Waals surface area contributed by atoms with Gasteiger partial charge in [0.05, 0.1) is 17.8 Å². The number of halogens is 1. The van der Waals surface area contributed by atoms with E-state index in [0.717, 1.165) is 34.5 Å². The van der Waals surface area contributed by atoms with Gasteiger partial charge < -0.3 is 14.8 Å². The van der Waals surface area contributed by atoms with E-state index in [2.05, 4.69) is 58.7 Å². The molecule has 1 aliphatic rings. The van der Waals surface area contributed by atoms with Crippen LogP contribution in [0.5, 0.6) is 0 Å². The largest absolute Gasteiger partial charge is 0.352 e. The van der Waals surface area contributed by atoms with Crippen LogP contribution in [0.4, 0.5) is 0 Å². The molecule has 2 aromatic heterocycles. The third-order valence-electron chi connectivity index (χ3n) is 5.52. The van der Waals surface area contributed by atoms with E-state index in [0.29, 0.717) is 0 Å². The summed E-state index contributed by atoms with van der Waals surface area (Å²) < 4.78 is 2.27. The predicted molar refractivity (Wildman–Crippen MR) is 123 cm³/mol. The van der Waals surface area contributed by atoms with E-state index < -0.39 is 0 Å². The average molecular weight is 425 g/mol. The van der Waals surface area contributed by atoms with Gasteiger partial charge in [0.2, 0.25) is 0 Å². The molecule has 4 nitrogen and oxygen atoms in total. The van der Waals surface area contributed by atoms with Crippen LogP contribution in [-0.4, -0.2) is 26.1 Å². The Hall–Kier alpha value is -2.37. The highest BCUT2D eigenvalue weighted by molar-refractivity contribution is 7.80. The molecule has 1 N–H and O–H groups in total. The van der Waals surface area contributed by atoms with Crippen molar-refractivity contribution < 1.29 is 0 Å². The van der Waals surface area contributed by atoms with Crippen LogP contribution in [0.25, 0.3) is 5.69 Å². The second-order valence-electron chi connectivity index (χ2n) is 7.46. The molecular weight excluding hydrogens is 400 g/mol. The number of nitrogens with one attached hydrogen (secondary N) is 1. The first-order chi connectivity index (χ1) is 14.0. The summed E-state index contributed by atoms with van der Waals surface area (Å²) in [6, 6.07) is 16.4. The van der Waals surface area contributed by atoms with Crippen LogP contribution in [0.3, 0.4) is 0 Å². The molecule has 0 radical (unpaired) electrons. The van der Waals surface area contributed by atoms with E-state index in [1.54, 1.807) is 0 Å². The zero-order valence-corrected chi connectivity index (χ0v) is 18.5. The maximum absolute atomic E-state index is 6.26. The Balaban J connectivity index is 1.84. The number of thiocarbonyl (C=S) groups is 1. The van der Waals surface area contributed by atoms with Crippen molar-refractivity contribution in [1.29, 1.82) is 0 Å². The van der Waals surface area contributed by atoms with Crippen molar-refractivity contribution in [3.05, 3.63) is 82.4 Å². The van der Waals surface area contributed by atoms with Gasteiger partial charge in [0, 0.05) is 34.8 Å². The fraction of sp³-hybridized carbons (Fsp3) is 0.304. The second-order valence-corrected chi connectivity index (χ2v) is 8.28. The first-order valence-corrected chi connectivity index (χ1v) is 10.7. The summed E-state index contributed by atoms with van der Waals surface area (Å²) in [6.07, 6.45) is 2.87. The molecule has 1 fully saturated rings. The van der Waals surface area contributed by atoms with Crippen molar-refractivity contribution in [3.63, 3.8) is 0 Å². The summed E-state index contributed by atoms with van der Waals surface area (Å²) >= 11 is 12.0. The van der Waals surface area contributed by atoms with Crippen LogP contribution in [0.15, 0.2) is 54.7 Å². The number of hydrogen-bond donors (Lipinski definition) is 1. The molecule has 1 aliphatic heterocycles. The fourth-order valence-corrected chi connectivity index (χ4v) is 4.84. The van der Waals surface area contributed by atoms with E-state index in [1.165, 1.54) is 17.0 Å². The summed E-state index contributed by atoms with van der Waals surface area (Å²) in [4.78, 5) is 6.93. The molecular formula is C23H25ClN4S. The van der Waals surface area contributed by atoms with Crippen LogP contribution in [-0.2, 0) is 0 Å². The van der Waals surface area contributed by atoms with E-state index in [9.17, 15) is 0 Å². The molecule has 3 heterocycles. The standard InChI is InChI=1S/C23H25ClN4S/c1-4-12-27-22(21(26-23(27)29)20-10-5-6-11-25-20)19-13-15(2)28(16(19)3)18-9-7-8-17(24)14-18/h5-11,13-14,21-22H,4,12H2,1-3H3,(H,26,29)/t21-,22-/m0/s1. The Labute approximate surface area is 182 Å². The van der Waals surface area contributed by atoms with Crippen molar-refractivity contribution in [2.75, 3.05) is 6.54 Å². The summed E-state index contributed by atoms with van der Waals surface area (Å²) in [5.74, 6) is 0. The summed E-state index contributed by atoms with van der Waals surface area (Å²) in [5.41, 5.74) is 5.71. The Morgan fingerprint density at radius 3 is 2.66 bits per heavy atom. The highest BCUT2D eigenvalue weighted by Crippen LogP contribution is 2.41. The van der Waals surface area contributed by atoms with Crippen molar-refractivity contribution in [2.24, 2.45) is 0 Å². The Morgan fingerprint density at radius 1 is 1.14 bits per heavy atom. The number of rotatable bonds is 5. The summed E-state index contributed by atoms with van der Waals surface area (Å²) in [6.45, 7) is 7.39. The molecule has 150 valence electrons. The lowest BCUT2D eigenvalue weighted by Crippen LogP contribution is -2.30. The lowest BCUT2D eigenvalue weighted by Gasteiger charge is -2.27. The van der Waals surface area contributed by atoms with Crippen LogP contribution in [0.1, 0.15) is 48.1 Å². The number of benzene rings is 1. The molecule has 0 amide bonds. The first-order valence-electron chi connectivity index (χ1n) is 9.94. The van der Waals surface area contributed by atoms with Gasteiger partial charge >= 0.3 is 0 Å². The monoisotopic (exact) mass is 424 g/mol. The van der Waals surface area contributed by atoms with E-state index in [1.807, 2.05) is 36.5 Å². The molecule has 4 rings (SSSR count). The highest BCUT2D eigenvalue weighted by Gasteiger charge is 2.40. The predicted octanol–water partition coefficient (Wildman–Crippen LogP) is 5.53. The van der Waals surface area contributed by atoms with Gasteiger partial charge in [-0.1, -0.05) is 30.7 Å². The quantitative estimate of drug-likeness (QED) is 0.546. The molecule has 0 saturated carbocycles. The minimum absolute atomic E-state index is 0.0172. The van der Waals surface area contributed by atoms with Crippen LogP contribution >= 0.6 is 23.8 Å². The zero-order valence-electron chi connectivity index (χ0n) is 16.9. The molecule has 0 unspecified atom stereocenters. The number of nitrogens with zero attached hydrogens (tertiary/aromatic N) is 3. The molecule has 1 saturated heterocycles. The Morgan fingerprint density at radius 2 is 1.97 bits per heavy atom. The van der Waals surface area contributed by atoms with Crippen molar-refractivity contribution in [3.8, 4) is 5.69 Å². The minimum atomic E-state index is 0.0172. The van der Waals surface area contributed by atoms with Gasteiger partial charge in [-0.2, -0.15) is 0 Å². The van der Waals surface area contributed by atoms with Gasteiger partial charge in [-0.15, -0.1) is 0 Å². The molecule has 6 heteroatoms. The third kappa shape index (κ3) is 3.65. The lowest BCUT2D eigenvalue weighted by atomic mass is 9.96. The van der Waals surface area contributed by atoms with Gasteiger partial charge in [0.15, 0.2) is 5.11 Å². The average Bonchev–Trinajstić information content (AvgIpc) is 3.18. The second kappa shape index (κ2) is 8.17. The third-order valence-corrected chi connectivity index (χ3v) is 6.11. The Bertz CT molecular complexity index is 1030. The van der Waals surface area contributed by atoms with Gasteiger partial charge in [-0.25, -0.2) is 0 Å². The maximum atomic E-state index is 6.26. The number of pyridine rings is 1. The SMILES string of the molecule is CCCN1C(=S)N[C@@H](c2ccccn2)[C@@H]1c1cc(C)n(-c2cccc(Cl)c2)c1C. The van der Waals surface area contributed by atoms with Crippen molar-refractivity contribution >= 4 is 28.9 Å². The maximum Gasteiger partial charge on any atom is 0.170 e. The summed E-state index contributed by atoms with van der Waals surface area (Å²) in [5, 5.41) is 5.05. The molecule has 1 aromatic carbocycles. The van der Waals surface area contributed by atoms with Crippen LogP contribution in [0, 0.1) is 13.8 Å². The van der Waals surface area contributed by atoms with E-state index in [4.69, 9.17) is 23.8 Å². The first kappa shape index (κ1) is 19.9. The topological polar surface area (TPSA) is 33.1 Å². The van der Waals surface area contributed by atoms with Crippen molar-refractivity contribution in [2.45, 2.75) is 39.3 Å². The van der Waals surface area contributed by atoms with Gasteiger partial charge in [-0.3, -0.25) is 4.98 Å². The fourth-order valence-electron chi connectivity index (χ4n) is 4.33. The molecule has 0 aliphatic carbocycles. The molecule has 0 bridgehead atoms. The molecule has 0 spiro atoms. The number of hydrogen-bond acceptors (Lipinski definition) is 2. The normalized spacial score (nSPS) is 18.9. The number of aryl methyl sites for hydroxylation is 1. The zero-order chi connectivity index (χ0) is 20.5. The lowest BCUT2D eigenvalue weighted by molar-refractivity contribution is 0.316. The van der Waals surface area contributed by atoms with E-state index in [-0.39, 0.29) is 12.1 Å². The summed E-state index contributed by atoms with van der Waals surface area (Å²) in [7, 11) is 0. The Kier molecular flexibility index (Phi) is 5.61. The van der Waals surface area contributed by atoms with Gasteiger partial charge in [0.25, 0.3) is 0 Å². The van der Waals surface area contributed by atoms with Gasteiger partial charge in [0.1, 0.15) is 0 Å². The van der Waals surface area contributed by atoms with E-state index >= 15 is 0 Å². The molecule has 3 aromatic rings. The minimum Gasteiger partial charge on any atom is -0.352 e. The number of aromatic nitrogens is 2. The highest BCUT2D eigenvalue weighted by atomic mass is 35.5. The van der Waals surface area contributed by atoms with Gasteiger partial charge in [-0.05, 0) is 74.4 Å².